The smallest absolute Gasteiger partial charge is 0.212 e. The summed E-state index contributed by atoms with van der Waals surface area (Å²) in [5.41, 5.74) is 12.5. The minimum absolute atomic E-state index is 0.0615. The Labute approximate surface area is 191 Å². The molecule has 0 aliphatic heterocycles. The molecule has 0 bridgehead atoms. The number of rotatable bonds is 5. The lowest BCUT2D eigenvalue weighted by Crippen LogP contribution is -1.98. The van der Waals surface area contributed by atoms with Crippen LogP contribution in [0.1, 0.15) is 5.56 Å². The molecule has 3 aromatic carbocycles. The van der Waals surface area contributed by atoms with Gasteiger partial charge in [0.05, 0.1) is 24.0 Å². The number of nitrogens with zero attached hydrogens (tertiary/aromatic N) is 3. The first-order valence-corrected chi connectivity index (χ1v) is 10.6. The van der Waals surface area contributed by atoms with Gasteiger partial charge in [-0.15, -0.1) is 0 Å². The highest BCUT2D eigenvalue weighted by atomic mass is 16.5. The van der Waals surface area contributed by atoms with E-state index in [1.165, 1.54) is 0 Å². The second-order valence-corrected chi connectivity index (χ2v) is 7.61. The van der Waals surface area contributed by atoms with Crippen molar-refractivity contribution in [1.82, 2.24) is 15.0 Å². The van der Waals surface area contributed by atoms with Gasteiger partial charge in [0.1, 0.15) is 5.52 Å². The molecule has 0 amide bonds. The molecule has 0 radical (unpaired) electrons. The van der Waals surface area contributed by atoms with Gasteiger partial charge < -0.3 is 15.6 Å². The second kappa shape index (κ2) is 8.68. The summed E-state index contributed by atoms with van der Waals surface area (Å²) >= 11 is 0. The number of hydrogen-bond donors (Lipinski definition) is 2. The first-order valence-electron chi connectivity index (χ1n) is 10.6. The van der Waals surface area contributed by atoms with Crippen LogP contribution < -0.4 is 10.5 Å². The van der Waals surface area contributed by atoms with Gasteiger partial charge >= 0.3 is 0 Å². The Morgan fingerprint density at radius 2 is 1.48 bits per heavy atom. The molecule has 0 saturated heterocycles. The number of phenols is 1. The molecule has 0 aliphatic carbocycles. The van der Waals surface area contributed by atoms with Gasteiger partial charge in [-0.1, -0.05) is 54.6 Å². The number of fused-ring (bicyclic) bond motifs is 1. The van der Waals surface area contributed by atoms with Gasteiger partial charge in [-0.3, -0.25) is 0 Å². The molecule has 0 fully saturated rings. The van der Waals surface area contributed by atoms with Crippen LogP contribution in [0.15, 0.2) is 85.1 Å². The van der Waals surface area contributed by atoms with Gasteiger partial charge in [-0.05, 0) is 23.8 Å². The van der Waals surface area contributed by atoms with Crippen LogP contribution in [0.4, 0.5) is 0 Å². The molecule has 0 aliphatic rings. The SMILES string of the molecule is COc1ccc(-c2ccc3nc(-c4ccccc4)c(-c4ccc(CN)cc4)nc3c2O)cn1. The van der Waals surface area contributed by atoms with Crippen molar-refractivity contribution in [2.75, 3.05) is 7.11 Å². The number of ether oxygens (including phenoxy) is 1. The Hall–Kier alpha value is -4.29. The van der Waals surface area contributed by atoms with E-state index in [-0.39, 0.29) is 5.75 Å². The van der Waals surface area contributed by atoms with Gasteiger partial charge in [-0.25, -0.2) is 15.0 Å². The van der Waals surface area contributed by atoms with Crippen molar-refractivity contribution in [3.8, 4) is 45.3 Å². The standard InChI is InChI=1S/C27H22N4O2/c1-33-23-14-11-20(16-29-23)21-12-13-22-26(27(21)32)31-25(19-9-7-17(15-28)8-10-19)24(30-22)18-5-3-2-4-6-18/h2-14,16,32H,15,28H2,1H3. The third kappa shape index (κ3) is 3.88. The van der Waals surface area contributed by atoms with Crippen LogP contribution in [0.3, 0.4) is 0 Å². The number of phenolic OH excluding ortho intramolecular Hbond substituents is 1. The van der Waals surface area contributed by atoms with Crippen molar-refractivity contribution in [3.05, 3.63) is 90.6 Å². The molecule has 162 valence electrons. The zero-order valence-electron chi connectivity index (χ0n) is 18.1. The van der Waals surface area contributed by atoms with Gasteiger partial charge in [0.25, 0.3) is 0 Å². The van der Waals surface area contributed by atoms with Crippen LogP contribution in [0, 0.1) is 0 Å². The topological polar surface area (TPSA) is 94.2 Å². The van der Waals surface area contributed by atoms with Crippen LogP contribution >= 0.6 is 0 Å². The third-order valence-electron chi connectivity index (χ3n) is 5.58. The van der Waals surface area contributed by atoms with E-state index in [1.54, 1.807) is 19.4 Å². The van der Waals surface area contributed by atoms with Gasteiger partial charge in [0, 0.05) is 41.1 Å². The van der Waals surface area contributed by atoms with Crippen molar-refractivity contribution >= 4 is 11.0 Å². The number of benzene rings is 3. The lowest BCUT2D eigenvalue weighted by atomic mass is 10.0. The third-order valence-corrected chi connectivity index (χ3v) is 5.58. The summed E-state index contributed by atoms with van der Waals surface area (Å²) in [5, 5.41) is 11.2. The maximum atomic E-state index is 11.2. The summed E-state index contributed by atoms with van der Waals surface area (Å²) in [6.07, 6.45) is 1.66. The maximum absolute atomic E-state index is 11.2. The summed E-state index contributed by atoms with van der Waals surface area (Å²) in [4.78, 5) is 14.1. The molecular formula is C27H22N4O2. The summed E-state index contributed by atoms with van der Waals surface area (Å²) in [6.45, 7) is 0.468. The molecule has 6 nitrogen and oxygen atoms in total. The van der Waals surface area contributed by atoms with E-state index in [4.69, 9.17) is 20.4 Å². The average Bonchev–Trinajstić information content (AvgIpc) is 2.89. The normalized spacial score (nSPS) is 11.0. The molecule has 3 N–H and O–H groups in total. The van der Waals surface area contributed by atoms with Crippen LogP contribution in [0.5, 0.6) is 11.6 Å². The largest absolute Gasteiger partial charge is 0.505 e. The number of aromatic hydroxyl groups is 1. The van der Waals surface area contributed by atoms with Crippen molar-refractivity contribution in [1.29, 1.82) is 0 Å². The predicted octanol–water partition coefficient (Wildman–Crippen LogP) is 5.20. The van der Waals surface area contributed by atoms with Crippen molar-refractivity contribution in [2.24, 2.45) is 5.73 Å². The number of methoxy groups -OCH3 is 1. The zero-order chi connectivity index (χ0) is 22.8. The first-order chi connectivity index (χ1) is 16.2. The van der Waals surface area contributed by atoms with Crippen LogP contribution in [-0.2, 0) is 6.54 Å². The monoisotopic (exact) mass is 434 g/mol. The summed E-state index contributed by atoms with van der Waals surface area (Å²) in [7, 11) is 1.57. The molecule has 2 heterocycles. The number of pyridine rings is 1. The minimum atomic E-state index is 0.0615. The summed E-state index contributed by atoms with van der Waals surface area (Å²) in [6, 6.07) is 25.2. The molecule has 0 atom stereocenters. The molecule has 6 heteroatoms. The van der Waals surface area contributed by atoms with E-state index >= 15 is 0 Å². The number of nitrogens with two attached hydrogens (primary N) is 1. The van der Waals surface area contributed by atoms with E-state index in [0.717, 1.165) is 27.9 Å². The van der Waals surface area contributed by atoms with Gasteiger partial charge in [0.2, 0.25) is 5.88 Å². The molecule has 0 spiro atoms. The van der Waals surface area contributed by atoms with E-state index in [9.17, 15) is 5.11 Å². The molecule has 5 aromatic rings. The van der Waals surface area contributed by atoms with Gasteiger partial charge in [0.15, 0.2) is 5.75 Å². The summed E-state index contributed by atoms with van der Waals surface area (Å²) in [5.74, 6) is 0.570. The van der Waals surface area contributed by atoms with Crippen molar-refractivity contribution in [2.45, 2.75) is 6.54 Å². The molecule has 33 heavy (non-hydrogen) atoms. The highest BCUT2D eigenvalue weighted by Gasteiger charge is 2.17. The van der Waals surface area contributed by atoms with E-state index in [1.807, 2.05) is 72.8 Å². The second-order valence-electron chi connectivity index (χ2n) is 7.61. The number of aromatic nitrogens is 3. The summed E-state index contributed by atoms with van der Waals surface area (Å²) < 4.78 is 5.14. The zero-order valence-corrected chi connectivity index (χ0v) is 18.1. The Bertz CT molecular complexity index is 1420. The van der Waals surface area contributed by atoms with Crippen LogP contribution in [0.2, 0.25) is 0 Å². The minimum Gasteiger partial charge on any atom is -0.505 e. The maximum Gasteiger partial charge on any atom is 0.212 e. The van der Waals surface area contributed by atoms with Gasteiger partial charge in [-0.2, -0.15) is 0 Å². The van der Waals surface area contributed by atoms with E-state index in [0.29, 0.717) is 34.7 Å². The Morgan fingerprint density at radius 1 is 0.788 bits per heavy atom. The van der Waals surface area contributed by atoms with Crippen molar-refractivity contribution in [3.63, 3.8) is 0 Å². The fraction of sp³-hybridized carbons (Fsp3) is 0.0741. The Morgan fingerprint density at radius 3 is 2.15 bits per heavy atom. The van der Waals surface area contributed by atoms with E-state index < -0.39 is 0 Å². The average molecular weight is 434 g/mol. The van der Waals surface area contributed by atoms with Crippen LogP contribution in [-0.4, -0.2) is 27.2 Å². The molecule has 5 rings (SSSR count). The lowest BCUT2D eigenvalue weighted by Gasteiger charge is -2.13. The Kier molecular flexibility index (Phi) is 5.42. The molecule has 2 aromatic heterocycles. The highest BCUT2D eigenvalue weighted by Crippen LogP contribution is 2.38. The highest BCUT2D eigenvalue weighted by molar-refractivity contribution is 5.93. The quantitative estimate of drug-likeness (QED) is 0.395. The molecule has 0 saturated carbocycles. The molecular weight excluding hydrogens is 412 g/mol. The lowest BCUT2D eigenvalue weighted by molar-refractivity contribution is 0.398. The van der Waals surface area contributed by atoms with Crippen molar-refractivity contribution < 1.29 is 9.84 Å². The fourth-order valence-electron chi connectivity index (χ4n) is 3.80. The van der Waals surface area contributed by atoms with E-state index in [2.05, 4.69) is 4.98 Å². The fourth-order valence-corrected chi connectivity index (χ4v) is 3.80. The molecule has 0 unspecified atom stereocenters. The first kappa shape index (κ1) is 20.6. The van der Waals surface area contributed by atoms with Crippen LogP contribution in [0.25, 0.3) is 44.7 Å². The number of hydrogen-bond acceptors (Lipinski definition) is 6. The Balaban J connectivity index is 1.73. The predicted molar refractivity (Wildman–Crippen MR) is 130 cm³/mol.